The highest BCUT2D eigenvalue weighted by atomic mass is 32.2. The Morgan fingerprint density at radius 2 is 2.20 bits per heavy atom. The zero-order chi connectivity index (χ0) is 14.1. The monoisotopic (exact) mass is 307 g/mol. The number of fused-ring (bicyclic) bond motifs is 1. The van der Waals surface area contributed by atoms with Crippen LogP contribution in [0.4, 0.5) is 0 Å². The third-order valence-corrected chi connectivity index (χ3v) is 5.58. The van der Waals surface area contributed by atoms with Crippen molar-refractivity contribution in [1.82, 2.24) is 4.90 Å². The first-order valence-corrected chi connectivity index (χ1v) is 8.29. The van der Waals surface area contributed by atoms with Crippen molar-refractivity contribution >= 4 is 35.4 Å². The van der Waals surface area contributed by atoms with Gasteiger partial charge in [-0.3, -0.25) is 9.69 Å². The van der Waals surface area contributed by atoms with Crippen LogP contribution in [0.5, 0.6) is 0 Å². The number of rotatable bonds is 4. The fourth-order valence-electron chi connectivity index (χ4n) is 2.15. The molecule has 0 radical (unpaired) electrons. The normalized spacial score (nSPS) is 20.8. The minimum Gasteiger partial charge on any atom is -0.456 e. The molecule has 1 aromatic rings. The second-order valence-electron chi connectivity index (χ2n) is 4.44. The fraction of sp³-hybridized carbons (Fsp3) is 0.286. The SMILES string of the molecule is CSC1=C(C(=O)OCc2ccccc2)N2C(=O)C[C@H]2S1. The van der Waals surface area contributed by atoms with Crippen molar-refractivity contribution in [2.45, 2.75) is 18.4 Å². The number of thioether (sulfide) groups is 2. The van der Waals surface area contributed by atoms with E-state index in [1.54, 1.807) is 16.7 Å². The van der Waals surface area contributed by atoms with Crippen molar-refractivity contribution in [1.29, 1.82) is 0 Å². The van der Waals surface area contributed by atoms with E-state index in [1.807, 2.05) is 36.6 Å². The molecule has 4 nitrogen and oxygen atoms in total. The number of nitrogens with zero attached hydrogens (tertiary/aromatic N) is 1. The molecule has 0 saturated carbocycles. The summed E-state index contributed by atoms with van der Waals surface area (Å²) in [6.07, 6.45) is 2.41. The van der Waals surface area contributed by atoms with Crippen molar-refractivity contribution < 1.29 is 14.3 Å². The van der Waals surface area contributed by atoms with E-state index in [2.05, 4.69) is 0 Å². The Balaban J connectivity index is 1.71. The Morgan fingerprint density at radius 1 is 1.45 bits per heavy atom. The lowest BCUT2D eigenvalue weighted by molar-refractivity contribution is -0.149. The molecular weight excluding hydrogens is 294 g/mol. The molecule has 3 rings (SSSR count). The zero-order valence-electron chi connectivity index (χ0n) is 10.9. The number of carbonyl (C=O) groups excluding carboxylic acids is 2. The van der Waals surface area contributed by atoms with E-state index >= 15 is 0 Å². The molecule has 0 aliphatic carbocycles. The number of esters is 1. The molecule has 2 aliphatic rings. The number of carbonyl (C=O) groups is 2. The van der Waals surface area contributed by atoms with Crippen LogP contribution in [0.1, 0.15) is 12.0 Å². The molecule has 1 aromatic carbocycles. The van der Waals surface area contributed by atoms with E-state index < -0.39 is 5.97 Å². The lowest BCUT2D eigenvalue weighted by Crippen LogP contribution is -2.48. The van der Waals surface area contributed by atoms with Gasteiger partial charge in [0.1, 0.15) is 6.61 Å². The van der Waals surface area contributed by atoms with Crippen LogP contribution in [-0.4, -0.2) is 28.4 Å². The van der Waals surface area contributed by atoms with Crippen LogP contribution in [-0.2, 0) is 20.9 Å². The third-order valence-electron chi connectivity index (χ3n) is 3.17. The summed E-state index contributed by atoms with van der Waals surface area (Å²) >= 11 is 3.06. The van der Waals surface area contributed by atoms with Crippen LogP contribution < -0.4 is 0 Å². The largest absolute Gasteiger partial charge is 0.456 e. The average molecular weight is 307 g/mol. The van der Waals surface area contributed by atoms with Gasteiger partial charge in [0.15, 0.2) is 5.70 Å². The Kier molecular flexibility index (Phi) is 3.76. The van der Waals surface area contributed by atoms with Crippen molar-refractivity contribution in [2.24, 2.45) is 0 Å². The van der Waals surface area contributed by atoms with Crippen LogP contribution in [0.3, 0.4) is 0 Å². The Labute approximate surface area is 125 Å². The predicted octanol–water partition coefficient (Wildman–Crippen LogP) is 2.57. The predicted molar refractivity (Wildman–Crippen MR) is 79.6 cm³/mol. The zero-order valence-corrected chi connectivity index (χ0v) is 12.5. The topological polar surface area (TPSA) is 46.6 Å². The first kappa shape index (κ1) is 13.6. The van der Waals surface area contributed by atoms with E-state index in [1.165, 1.54) is 11.8 Å². The second-order valence-corrected chi connectivity index (χ2v) is 6.71. The fourth-order valence-corrected chi connectivity index (χ4v) is 4.33. The molecule has 2 heterocycles. The maximum Gasteiger partial charge on any atom is 0.357 e. The first-order valence-electron chi connectivity index (χ1n) is 6.18. The molecular formula is C14H13NO3S2. The van der Waals surface area contributed by atoms with Gasteiger partial charge in [-0.2, -0.15) is 0 Å². The summed E-state index contributed by atoms with van der Waals surface area (Å²) in [5, 5.41) is 0.0872. The number of hydrogen-bond acceptors (Lipinski definition) is 5. The molecule has 20 heavy (non-hydrogen) atoms. The van der Waals surface area contributed by atoms with E-state index in [9.17, 15) is 9.59 Å². The molecule has 0 aromatic heterocycles. The van der Waals surface area contributed by atoms with Gasteiger partial charge in [-0.05, 0) is 11.8 Å². The number of ether oxygens (including phenoxy) is 1. The van der Waals surface area contributed by atoms with Crippen LogP contribution in [0.2, 0.25) is 0 Å². The smallest absolute Gasteiger partial charge is 0.357 e. The minimum absolute atomic E-state index is 0.00166. The molecule has 1 atom stereocenters. The molecule has 0 unspecified atom stereocenters. The standard InChI is InChI=1S/C14H13NO3S2/c1-19-14-12(15-10(16)7-11(15)20-14)13(17)18-8-9-5-3-2-4-6-9/h2-6,11H,7-8H2,1H3/t11-/m1/s1. The highest BCUT2D eigenvalue weighted by Crippen LogP contribution is 2.49. The Morgan fingerprint density at radius 3 is 2.85 bits per heavy atom. The second kappa shape index (κ2) is 5.54. The summed E-state index contributed by atoms with van der Waals surface area (Å²) < 4.78 is 6.20. The van der Waals surface area contributed by atoms with Gasteiger partial charge in [0.2, 0.25) is 5.91 Å². The first-order chi connectivity index (χ1) is 9.70. The van der Waals surface area contributed by atoms with Crippen LogP contribution >= 0.6 is 23.5 Å². The van der Waals surface area contributed by atoms with Crippen molar-refractivity contribution in [3.05, 3.63) is 45.8 Å². The summed E-state index contributed by atoms with van der Waals surface area (Å²) in [6, 6.07) is 9.51. The molecule has 0 spiro atoms. The van der Waals surface area contributed by atoms with Gasteiger partial charge in [0.05, 0.1) is 16.0 Å². The van der Waals surface area contributed by atoms with E-state index in [4.69, 9.17) is 4.74 Å². The summed E-state index contributed by atoms with van der Waals surface area (Å²) in [5.41, 5.74) is 1.35. The van der Waals surface area contributed by atoms with Gasteiger partial charge in [-0.1, -0.05) is 42.1 Å². The van der Waals surface area contributed by atoms with E-state index in [0.29, 0.717) is 12.1 Å². The van der Waals surface area contributed by atoms with Crippen LogP contribution in [0.25, 0.3) is 0 Å². The van der Waals surface area contributed by atoms with Crippen LogP contribution in [0, 0.1) is 0 Å². The van der Waals surface area contributed by atoms with Gasteiger partial charge in [-0.25, -0.2) is 4.79 Å². The molecule has 0 N–H and O–H groups in total. The number of benzene rings is 1. The van der Waals surface area contributed by atoms with E-state index in [0.717, 1.165) is 9.80 Å². The molecule has 1 fully saturated rings. The average Bonchev–Trinajstić information content (AvgIpc) is 2.78. The van der Waals surface area contributed by atoms with Crippen molar-refractivity contribution in [2.75, 3.05) is 6.26 Å². The minimum atomic E-state index is -0.416. The molecule has 0 bridgehead atoms. The number of β-lactam (4-membered cyclic amide) rings is 1. The van der Waals surface area contributed by atoms with Gasteiger partial charge in [0.25, 0.3) is 0 Å². The number of amides is 1. The summed E-state index contributed by atoms with van der Waals surface area (Å²) in [7, 11) is 0. The van der Waals surface area contributed by atoms with Crippen LogP contribution in [0.15, 0.2) is 40.3 Å². The highest BCUT2D eigenvalue weighted by molar-refractivity contribution is 8.22. The molecule has 104 valence electrons. The van der Waals surface area contributed by atoms with Crippen molar-refractivity contribution in [3.63, 3.8) is 0 Å². The molecule has 1 saturated heterocycles. The lowest BCUT2D eigenvalue weighted by Gasteiger charge is -2.34. The molecule has 1 amide bonds. The summed E-state index contributed by atoms with van der Waals surface area (Å²) in [4.78, 5) is 25.4. The summed E-state index contributed by atoms with van der Waals surface area (Å²) in [5.74, 6) is -0.417. The lowest BCUT2D eigenvalue weighted by atomic mass is 10.2. The van der Waals surface area contributed by atoms with E-state index in [-0.39, 0.29) is 17.9 Å². The molecule has 2 aliphatic heterocycles. The third kappa shape index (κ3) is 2.33. The van der Waals surface area contributed by atoms with Gasteiger partial charge >= 0.3 is 5.97 Å². The maximum atomic E-state index is 12.2. The Bertz CT molecular complexity index is 585. The quantitative estimate of drug-likeness (QED) is 0.632. The highest BCUT2D eigenvalue weighted by Gasteiger charge is 2.48. The summed E-state index contributed by atoms with van der Waals surface area (Å²) in [6.45, 7) is 0.224. The number of hydrogen-bond donors (Lipinski definition) is 0. The van der Waals surface area contributed by atoms with Gasteiger partial charge < -0.3 is 4.74 Å². The molecule has 6 heteroatoms. The van der Waals surface area contributed by atoms with Crippen molar-refractivity contribution in [3.8, 4) is 0 Å². The maximum absolute atomic E-state index is 12.2. The Hall–Kier alpha value is -1.40. The van der Waals surface area contributed by atoms with Gasteiger partial charge in [-0.15, -0.1) is 11.8 Å². The van der Waals surface area contributed by atoms with Gasteiger partial charge in [0, 0.05) is 0 Å².